The number of fused-ring (bicyclic) bond motifs is 1. The smallest absolute Gasteiger partial charge is 0.335 e. The second-order valence-electron chi connectivity index (χ2n) is 7.70. The summed E-state index contributed by atoms with van der Waals surface area (Å²) in [6.45, 7) is 9.92. The van der Waals surface area contributed by atoms with Crippen molar-refractivity contribution in [2.75, 3.05) is 11.4 Å². The third kappa shape index (κ3) is 3.86. The van der Waals surface area contributed by atoms with Gasteiger partial charge in [0.05, 0.1) is 16.3 Å². The summed E-state index contributed by atoms with van der Waals surface area (Å²) in [7, 11) is 0. The molecule has 1 atom stereocenters. The molecular weight excluding hydrogens is 360 g/mol. The van der Waals surface area contributed by atoms with Gasteiger partial charge in [0, 0.05) is 29.5 Å². The van der Waals surface area contributed by atoms with E-state index in [1.54, 1.807) is 30.5 Å². The highest BCUT2D eigenvalue weighted by molar-refractivity contribution is 6.33. The topological polar surface area (TPSA) is 52.9 Å². The third-order valence-electron chi connectivity index (χ3n) is 5.29. The van der Waals surface area contributed by atoms with E-state index in [4.69, 9.17) is 16.7 Å². The predicted octanol–water partition coefficient (Wildman–Crippen LogP) is 5.90. The number of carboxylic acids is 1. The highest BCUT2D eigenvalue weighted by atomic mass is 35.5. The summed E-state index contributed by atoms with van der Waals surface area (Å²) >= 11 is 6.56. The van der Waals surface area contributed by atoms with Gasteiger partial charge in [-0.1, -0.05) is 18.5 Å². The summed E-state index contributed by atoms with van der Waals surface area (Å²) in [4.78, 5) is 17.8. The molecule has 2 aromatic carbocycles. The average Bonchev–Trinajstić information content (AvgIpc) is 2.60. The minimum absolute atomic E-state index is 0.103. The normalized spacial score (nSPS) is 18.6. The molecule has 1 unspecified atom stereocenters. The van der Waals surface area contributed by atoms with E-state index in [0.29, 0.717) is 16.6 Å². The van der Waals surface area contributed by atoms with Crippen molar-refractivity contribution in [2.24, 2.45) is 4.99 Å². The second kappa shape index (κ2) is 7.35. The van der Waals surface area contributed by atoms with Gasteiger partial charge in [0.2, 0.25) is 0 Å². The molecule has 0 aliphatic carbocycles. The fourth-order valence-electron chi connectivity index (χ4n) is 4.05. The molecule has 0 spiro atoms. The quantitative estimate of drug-likeness (QED) is 0.667. The molecule has 0 amide bonds. The van der Waals surface area contributed by atoms with Crippen LogP contribution in [0.5, 0.6) is 0 Å². The lowest BCUT2D eigenvalue weighted by atomic mass is 9.79. The van der Waals surface area contributed by atoms with E-state index in [1.165, 1.54) is 11.3 Å². The zero-order valence-corrected chi connectivity index (χ0v) is 16.9. The molecule has 27 heavy (non-hydrogen) atoms. The molecule has 3 rings (SSSR count). The van der Waals surface area contributed by atoms with Crippen LogP contribution >= 0.6 is 11.6 Å². The van der Waals surface area contributed by atoms with Gasteiger partial charge in [-0.2, -0.15) is 0 Å². The molecule has 0 saturated carbocycles. The van der Waals surface area contributed by atoms with Crippen molar-refractivity contribution in [1.82, 2.24) is 0 Å². The Morgan fingerprint density at radius 3 is 2.59 bits per heavy atom. The van der Waals surface area contributed by atoms with Gasteiger partial charge in [-0.25, -0.2) is 4.79 Å². The molecule has 1 N–H and O–H groups in total. The van der Waals surface area contributed by atoms with Gasteiger partial charge in [0.15, 0.2) is 0 Å². The Bertz CT molecular complexity index is 888. The Hall–Kier alpha value is -2.33. The number of carboxylic acid groups (broad SMARTS) is 1. The highest BCUT2D eigenvalue weighted by Crippen LogP contribution is 2.44. The van der Waals surface area contributed by atoms with Gasteiger partial charge in [0.1, 0.15) is 0 Å². The molecule has 142 valence electrons. The van der Waals surface area contributed by atoms with Crippen LogP contribution < -0.4 is 4.90 Å². The van der Waals surface area contributed by atoms with Gasteiger partial charge in [-0.15, -0.1) is 0 Å². The van der Waals surface area contributed by atoms with Crippen LogP contribution in [0.1, 0.15) is 61.5 Å². The van der Waals surface area contributed by atoms with Gasteiger partial charge < -0.3 is 10.0 Å². The van der Waals surface area contributed by atoms with Crippen molar-refractivity contribution in [1.29, 1.82) is 0 Å². The van der Waals surface area contributed by atoms with E-state index in [1.807, 2.05) is 6.07 Å². The Balaban J connectivity index is 1.94. The van der Waals surface area contributed by atoms with E-state index in [9.17, 15) is 4.79 Å². The Morgan fingerprint density at radius 1 is 1.33 bits per heavy atom. The maximum atomic E-state index is 10.9. The molecule has 1 aliphatic rings. The van der Waals surface area contributed by atoms with Crippen molar-refractivity contribution < 1.29 is 9.90 Å². The standard InChI is InChI=1S/C22H25ClN2O2/c1-5-25-20-11-19(23)16(10-18(20)14(2)12-22(25,3)4)13-24-17-8-6-15(7-9-17)21(26)27/h6-11,13-14H,5,12H2,1-4H3,(H,26,27). The van der Waals surface area contributed by atoms with Crippen LogP contribution in [-0.2, 0) is 0 Å². The molecule has 1 heterocycles. The third-order valence-corrected chi connectivity index (χ3v) is 5.61. The number of hydrogen-bond acceptors (Lipinski definition) is 3. The van der Waals surface area contributed by atoms with Crippen molar-refractivity contribution in [2.45, 2.75) is 45.6 Å². The Kier molecular flexibility index (Phi) is 5.29. The predicted molar refractivity (Wildman–Crippen MR) is 112 cm³/mol. The number of anilines is 1. The number of rotatable bonds is 4. The minimum atomic E-state index is -0.944. The maximum Gasteiger partial charge on any atom is 0.335 e. The van der Waals surface area contributed by atoms with E-state index >= 15 is 0 Å². The number of aromatic carboxylic acids is 1. The van der Waals surface area contributed by atoms with Crippen LogP contribution in [0.4, 0.5) is 11.4 Å². The number of halogens is 1. The number of carbonyl (C=O) groups is 1. The van der Waals surface area contributed by atoms with Gasteiger partial charge in [0.25, 0.3) is 0 Å². The summed E-state index contributed by atoms with van der Waals surface area (Å²) in [5.74, 6) is -0.502. The molecule has 0 fully saturated rings. The van der Waals surface area contributed by atoms with Crippen LogP contribution in [0.2, 0.25) is 5.02 Å². The molecule has 4 nitrogen and oxygen atoms in total. The second-order valence-corrected chi connectivity index (χ2v) is 8.11. The molecule has 0 bridgehead atoms. The van der Waals surface area contributed by atoms with Crippen molar-refractivity contribution in [3.8, 4) is 0 Å². The fraction of sp³-hybridized carbons (Fsp3) is 0.364. The van der Waals surface area contributed by atoms with Crippen LogP contribution in [0, 0.1) is 0 Å². The molecule has 0 aromatic heterocycles. The molecule has 0 saturated heterocycles. The minimum Gasteiger partial charge on any atom is -0.478 e. The van der Waals surface area contributed by atoms with Crippen LogP contribution in [0.3, 0.4) is 0 Å². The zero-order valence-electron chi connectivity index (χ0n) is 16.2. The van der Waals surface area contributed by atoms with E-state index < -0.39 is 5.97 Å². The largest absolute Gasteiger partial charge is 0.478 e. The Morgan fingerprint density at radius 2 is 2.00 bits per heavy atom. The SMILES string of the molecule is CCN1c2cc(Cl)c(C=Nc3ccc(C(=O)O)cc3)cc2C(C)CC1(C)C. The van der Waals surface area contributed by atoms with Crippen LogP contribution in [-0.4, -0.2) is 29.4 Å². The summed E-state index contributed by atoms with van der Waals surface area (Å²) < 4.78 is 0. The first kappa shape index (κ1) is 19.4. The first-order valence-corrected chi connectivity index (χ1v) is 9.59. The van der Waals surface area contributed by atoms with Gasteiger partial charge >= 0.3 is 5.97 Å². The fourth-order valence-corrected chi connectivity index (χ4v) is 4.26. The zero-order chi connectivity index (χ0) is 19.8. The maximum absolute atomic E-state index is 10.9. The van der Waals surface area contributed by atoms with E-state index in [0.717, 1.165) is 18.5 Å². The Labute approximate surface area is 165 Å². The summed E-state index contributed by atoms with van der Waals surface area (Å²) in [6, 6.07) is 10.7. The monoisotopic (exact) mass is 384 g/mol. The number of hydrogen-bond donors (Lipinski definition) is 1. The average molecular weight is 385 g/mol. The van der Waals surface area contributed by atoms with E-state index in [-0.39, 0.29) is 11.1 Å². The number of nitrogens with zero attached hydrogens (tertiary/aromatic N) is 2. The van der Waals surface area contributed by atoms with Crippen molar-refractivity contribution in [3.05, 3.63) is 58.1 Å². The number of aliphatic imine (C=N–C) groups is 1. The lowest BCUT2D eigenvalue weighted by Gasteiger charge is -2.47. The van der Waals surface area contributed by atoms with Crippen LogP contribution in [0.25, 0.3) is 0 Å². The lowest BCUT2D eigenvalue weighted by molar-refractivity contribution is 0.0697. The molecule has 5 heteroatoms. The molecule has 2 aromatic rings. The van der Waals surface area contributed by atoms with Crippen LogP contribution in [0.15, 0.2) is 41.4 Å². The van der Waals surface area contributed by atoms with Gasteiger partial charge in [-0.3, -0.25) is 4.99 Å². The lowest BCUT2D eigenvalue weighted by Crippen LogP contribution is -2.48. The number of benzene rings is 2. The van der Waals surface area contributed by atoms with Crippen molar-refractivity contribution >= 4 is 35.2 Å². The first-order chi connectivity index (χ1) is 12.7. The summed E-state index contributed by atoms with van der Waals surface area (Å²) in [5, 5.41) is 9.65. The van der Waals surface area contributed by atoms with Crippen molar-refractivity contribution in [3.63, 3.8) is 0 Å². The molecule has 1 aliphatic heterocycles. The summed E-state index contributed by atoms with van der Waals surface area (Å²) in [5.41, 5.74) is 4.42. The first-order valence-electron chi connectivity index (χ1n) is 9.21. The van der Waals surface area contributed by atoms with E-state index in [2.05, 4.69) is 43.7 Å². The molecular formula is C22H25ClN2O2. The van der Waals surface area contributed by atoms with Gasteiger partial charge in [-0.05, 0) is 75.1 Å². The summed E-state index contributed by atoms with van der Waals surface area (Å²) in [6.07, 6.45) is 2.84. The highest BCUT2D eigenvalue weighted by Gasteiger charge is 2.35. The molecule has 0 radical (unpaired) electrons.